The minimum Gasteiger partial charge on any atom is -0.339 e. The number of halogens is 3. The summed E-state index contributed by atoms with van der Waals surface area (Å²) in [4.78, 5) is 15.2. The first kappa shape index (κ1) is 24.6. The number of hydrogen-bond acceptors (Lipinski definition) is 3. The molecule has 0 bridgehead atoms. The van der Waals surface area contributed by atoms with Gasteiger partial charge in [0.05, 0.1) is 10.6 Å². The van der Waals surface area contributed by atoms with Crippen LogP contribution in [0.5, 0.6) is 0 Å². The molecule has 33 heavy (non-hydrogen) atoms. The molecule has 1 aliphatic heterocycles. The third kappa shape index (κ3) is 5.29. The van der Waals surface area contributed by atoms with Gasteiger partial charge in [0.2, 0.25) is 5.91 Å². The van der Waals surface area contributed by atoms with Crippen molar-refractivity contribution in [3.8, 4) is 0 Å². The molecule has 0 radical (unpaired) electrons. The topological polar surface area (TPSA) is 66.5 Å². The number of carbonyl (C=O) groups excluding carboxylic acids is 1. The van der Waals surface area contributed by atoms with E-state index in [0.717, 1.165) is 25.8 Å². The van der Waals surface area contributed by atoms with E-state index in [1.165, 1.54) is 25.3 Å². The summed E-state index contributed by atoms with van der Waals surface area (Å²) in [5.41, 5.74) is 1.39. The fraction of sp³-hybridized carbons (Fsp3) is 0.458. The van der Waals surface area contributed by atoms with Crippen molar-refractivity contribution < 1.29 is 13.2 Å². The van der Waals surface area contributed by atoms with Gasteiger partial charge in [-0.3, -0.25) is 9.52 Å². The largest absolute Gasteiger partial charge is 0.339 e. The molecule has 5 nitrogen and oxygen atoms in total. The highest BCUT2D eigenvalue weighted by molar-refractivity contribution is 7.92. The van der Waals surface area contributed by atoms with Crippen LogP contribution in [0, 0.1) is 12.8 Å². The number of benzene rings is 2. The Bertz CT molecular complexity index is 1140. The van der Waals surface area contributed by atoms with E-state index in [1.807, 2.05) is 4.90 Å². The fourth-order valence-corrected chi connectivity index (χ4v) is 7.08. The van der Waals surface area contributed by atoms with Gasteiger partial charge < -0.3 is 4.90 Å². The molecule has 0 aromatic heterocycles. The SMILES string of the molecule is Cc1c(Cl)cccc1S(=O)(=O)Nc1cc(Cl)c(CC2CCN(C3CCCCC3)C2=O)c(Cl)c1. The average Bonchev–Trinajstić information content (AvgIpc) is 3.13. The zero-order valence-corrected chi connectivity index (χ0v) is 21.5. The van der Waals surface area contributed by atoms with E-state index in [0.29, 0.717) is 38.7 Å². The van der Waals surface area contributed by atoms with Gasteiger partial charge in [0.1, 0.15) is 0 Å². The molecular weight excluding hydrogens is 503 g/mol. The first-order valence-corrected chi connectivity index (χ1v) is 13.9. The van der Waals surface area contributed by atoms with Gasteiger partial charge in [-0.15, -0.1) is 0 Å². The average molecular weight is 530 g/mol. The quantitative estimate of drug-likeness (QED) is 0.466. The molecule has 1 unspecified atom stereocenters. The second-order valence-corrected chi connectivity index (χ2v) is 11.8. The second-order valence-electron chi connectivity index (χ2n) is 8.90. The van der Waals surface area contributed by atoms with Crippen molar-refractivity contribution in [1.82, 2.24) is 4.90 Å². The highest BCUT2D eigenvalue weighted by Crippen LogP contribution is 2.36. The van der Waals surface area contributed by atoms with Gasteiger partial charge in [0.15, 0.2) is 0 Å². The molecule has 1 saturated carbocycles. The molecule has 1 saturated heterocycles. The van der Waals surface area contributed by atoms with Gasteiger partial charge in [-0.25, -0.2) is 8.42 Å². The normalized spacial score (nSPS) is 19.8. The molecule has 178 valence electrons. The minimum atomic E-state index is -3.88. The number of amides is 1. The van der Waals surface area contributed by atoms with Crippen LogP contribution in [0.25, 0.3) is 0 Å². The maximum Gasteiger partial charge on any atom is 0.262 e. The van der Waals surface area contributed by atoms with Crippen LogP contribution in [0.15, 0.2) is 35.2 Å². The van der Waals surface area contributed by atoms with Crippen molar-refractivity contribution in [2.24, 2.45) is 5.92 Å². The third-order valence-electron chi connectivity index (χ3n) is 6.72. The van der Waals surface area contributed by atoms with Gasteiger partial charge >= 0.3 is 0 Å². The number of likely N-dealkylation sites (tertiary alicyclic amines) is 1. The number of nitrogens with one attached hydrogen (secondary N) is 1. The molecule has 9 heteroatoms. The van der Waals surface area contributed by atoms with Crippen LogP contribution in [0.3, 0.4) is 0 Å². The summed E-state index contributed by atoms with van der Waals surface area (Å²) in [7, 11) is -3.88. The molecule has 2 fully saturated rings. The Kier molecular flexibility index (Phi) is 7.49. The Morgan fingerprint density at radius 3 is 2.33 bits per heavy atom. The van der Waals surface area contributed by atoms with Crippen LogP contribution in [-0.4, -0.2) is 31.8 Å². The molecule has 0 spiro atoms. The zero-order valence-electron chi connectivity index (χ0n) is 18.4. The Morgan fingerprint density at radius 1 is 1.00 bits per heavy atom. The number of carbonyl (C=O) groups is 1. The Morgan fingerprint density at radius 2 is 1.67 bits per heavy atom. The maximum atomic E-state index is 13.0. The number of sulfonamides is 1. The predicted molar refractivity (Wildman–Crippen MR) is 134 cm³/mol. The summed E-state index contributed by atoms with van der Waals surface area (Å²) in [5, 5.41) is 1.05. The van der Waals surface area contributed by atoms with Crippen molar-refractivity contribution in [2.75, 3.05) is 11.3 Å². The van der Waals surface area contributed by atoms with Crippen LogP contribution in [0.2, 0.25) is 15.1 Å². The monoisotopic (exact) mass is 528 g/mol. The lowest BCUT2D eigenvalue weighted by atomic mass is 9.94. The molecule has 2 aliphatic rings. The van der Waals surface area contributed by atoms with E-state index in [-0.39, 0.29) is 22.4 Å². The molecule has 1 N–H and O–H groups in total. The summed E-state index contributed by atoms with van der Waals surface area (Å²) in [5.74, 6) is 0.0221. The second kappa shape index (κ2) is 10.0. The Hall–Kier alpha value is -1.47. The lowest BCUT2D eigenvalue weighted by molar-refractivity contribution is -0.133. The summed E-state index contributed by atoms with van der Waals surface area (Å²) >= 11 is 19.1. The van der Waals surface area contributed by atoms with E-state index < -0.39 is 10.0 Å². The third-order valence-corrected chi connectivity index (χ3v) is 9.33. The van der Waals surface area contributed by atoms with Crippen LogP contribution >= 0.6 is 34.8 Å². The Balaban J connectivity index is 1.50. The van der Waals surface area contributed by atoms with Crippen molar-refractivity contribution in [2.45, 2.75) is 62.8 Å². The molecular formula is C24H27Cl3N2O3S. The van der Waals surface area contributed by atoms with Crippen molar-refractivity contribution in [3.63, 3.8) is 0 Å². The molecule has 1 amide bonds. The number of rotatable bonds is 6. The number of hydrogen-bond donors (Lipinski definition) is 1. The summed E-state index contributed by atoms with van der Waals surface area (Å²) in [6, 6.07) is 8.15. The van der Waals surface area contributed by atoms with E-state index in [1.54, 1.807) is 31.2 Å². The van der Waals surface area contributed by atoms with Crippen LogP contribution < -0.4 is 4.72 Å². The van der Waals surface area contributed by atoms with Gasteiger partial charge in [0.25, 0.3) is 10.0 Å². The van der Waals surface area contributed by atoms with Crippen molar-refractivity contribution in [1.29, 1.82) is 0 Å². The molecule has 1 aliphatic carbocycles. The number of anilines is 1. The lowest BCUT2D eigenvalue weighted by Gasteiger charge is -2.31. The highest BCUT2D eigenvalue weighted by Gasteiger charge is 2.36. The maximum absolute atomic E-state index is 13.0. The predicted octanol–water partition coefficient (Wildman–Crippen LogP) is 6.48. The van der Waals surface area contributed by atoms with E-state index in [9.17, 15) is 13.2 Å². The highest BCUT2D eigenvalue weighted by atomic mass is 35.5. The van der Waals surface area contributed by atoms with Crippen LogP contribution in [-0.2, 0) is 21.2 Å². The molecule has 2 aromatic rings. The molecule has 1 atom stereocenters. The minimum absolute atomic E-state index is 0.0886. The van der Waals surface area contributed by atoms with Gasteiger partial charge in [-0.05, 0) is 68.0 Å². The van der Waals surface area contributed by atoms with Gasteiger partial charge in [-0.2, -0.15) is 0 Å². The molecule has 2 aromatic carbocycles. The van der Waals surface area contributed by atoms with Crippen LogP contribution in [0.4, 0.5) is 5.69 Å². The van der Waals surface area contributed by atoms with Gasteiger partial charge in [-0.1, -0.05) is 60.1 Å². The zero-order chi connectivity index (χ0) is 23.8. The smallest absolute Gasteiger partial charge is 0.262 e. The summed E-state index contributed by atoms with van der Waals surface area (Å²) in [6.07, 6.45) is 7.01. The van der Waals surface area contributed by atoms with Crippen molar-refractivity contribution >= 4 is 56.4 Å². The first-order chi connectivity index (χ1) is 15.7. The van der Waals surface area contributed by atoms with Crippen molar-refractivity contribution in [3.05, 3.63) is 56.5 Å². The van der Waals surface area contributed by atoms with Crippen LogP contribution in [0.1, 0.15) is 49.7 Å². The Labute approximate surface area is 210 Å². The summed E-state index contributed by atoms with van der Waals surface area (Å²) in [6.45, 7) is 2.43. The van der Waals surface area contributed by atoms with Gasteiger partial charge in [0, 0.05) is 33.6 Å². The fourth-order valence-electron chi connectivity index (χ4n) is 4.90. The van der Waals surface area contributed by atoms with E-state index in [4.69, 9.17) is 34.8 Å². The standard InChI is InChI=1S/C24H27Cl3N2O3S/c1-15-20(25)8-5-9-23(15)33(31,32)28-17-13-21(26)19(22(27)14-17)12-16-10-11-29(24(16)30)18-6-3-2-4-7-18/h5,8-9,13-14,16,18,28H,2-4,6-7,10-12H2,1H3. The summed E-state index contributed by atoms with van der Waals surface area (Å²) < 4.78 is 28.3. The van der Waals surface area contributed by atoms with E-state index >= 15 is 0 Å². The van der Waals surface area contributed by atoms with E-state index in [2.05, 4.69) is 4.72 Å². The first-order valence-electron chi connectivity index (χ1n) is 11.2. The molecule has 4 rings (SSSR count). The molecule has 1 heterocycles. The lowest BCUT2D eigenvalue weighted by Crippen LogP contribution is -2.39. The number of nitrogens with zero attached hydrogens (tertiary/aromatic N) is 1.